The number of piperidine rings is 1. The Morgan fingerprint density at radius 2 is 2.29 bits per heavy atom. The van der Waals surface area contributed by atoms with Crippen LogP contribution in [0.2, 0.25) is 0 Å². The minimum atomic E-state index is -0.440. The molecule has 124 valence electrons. The van der Waals surface area contributed by atoms with Gasteiger partial charge in [-0.25, -0.2) is 9.37 Å². The summed E-state index contributed by atoms with van der Waals surface area (Å²) in [5.74, 6) is -0.376. The number of carbonyl (C=O) groups is 1. The number of benzene rings is 1. The molecule has 1 amide bonds. The van der Waals surface area contributed by atoms with Crippen LogP contribution in [0.25, 0.3) is 11.0 Å². The molecule has 3 aromatic rings. The zero-order valence-corrected chi connectivity index (χ0v) is 13.4. The summed E-state index contributed by atoms with van der Waals surface area (Å²) in [5.41, 5.74) is 0.848. The minimum Gasteiger partial charge on any atom is -0.448 e. The molecule has 4 rings (SSSR count). The van der Waals surface area contributed by atoms with Crippen LogP contribution >= 0.6 is 0 Å². The van der Waals surface area contributed by atoms with Gasteiger partial charge >= 0.3 is 0 Å². The van der Waals surface area contributed by atoms with E-state index in [9.17, 15) is 9.18 Å². The highest BCUT2D eigenvalue weighted by molar-refractivity contribution is 5.99. The number of furan rings is 1. The number of hydrogen-bond donors (Lipinski definition) is 0. The van der Waals surface area contributed by atoms with E-state index in [0.717, 1.165) is 12.8 Å². The summed E-state index contributed by atoms with van der Waals surface area (Å²) >= 11 is 0. The van der Waals surface area contributed by atoms with Crippen LogP contribution < -0.4 is 0 Å². The number of halogens is 1. The van der Waals surface area contributed by atoms with Crippen LogP contribution in [-0.4, -0.2) is 33.4 Å². The maximum Gasteiger partial charge on any atom is 0.289 e. The summed E-state index contributed by atoms with van der Waals surface area (Å²) in [5, 5.41) is 0.654. The first kappa shape index (κ1) is 14.9. The number of nitrogens with zero attached hydrogens (tertiary/aromatic N) is 3. The summed E-state index contributed by atoms with van der Waals surface area (Å²) in [4.78, 5) is 18.8. The fourth-order valence-electron chi connectivity index (χ4n) is 3.42. The topological polar surface area (TPSA) is 51.3 Å². The van der Waals surface area contributed by atoms with E-state index in [1.165, 1.54) is 6.07 Å². The molecule has 0 spiro atoms. The molecule has 2 aromatic heterocycles. The first-order chi connectivity index (χ1) is 11.6. The molecule has 0 radical (unpaired) electrons. The van der Waals surface area contributed by atoms with E-state index in [-0.39, 0.29) is 23.3 Å². The molecule has 0 saturated carbocycles. The van der Waals surface area contributed by atoms with Crippen LogP contribution in [0.15, 0.2) is 41.3 Å². The normalized spacial score (nSPS) is 18.2. The smallest absolute Gasteiger partial charge is 0.289 e. The molecule has 1 aliphatic rings. The van der Waals surface area contributed by atoms with Crippen LogP contribution in [0.1, 0.15) is 35.0 Å². The summed E-state index contributed by atoms with van der Waals surface area (Å²) in [6, 6.07) is 4.96. The monoisotopic (exact) mass is 327 g/mol. The highest BCUT2D eigenvalue weighted by Gasteiger charge is 2.29. The Morgan fingerprint density at radius 3 is 3.04 bits per heavy atom. The number of aryl methyl sites for hydroxylation is 1. The Hall–Kier alpha value is -2.63. The van der Waals surface area contributed by atoms with E-state index in [1.807, 2.05) is 10.8 Å². The second kappa shape index (κ2) is 5.78. The number of carbonyl (C=O) groups excluding carboxylic acids is 1. The number of amides is 1. The molecule has 1 aromatic carbocycles. The highest BCUT2D eigenvalue weighted by Crippen LogP contribution is 2.30. The first-order valence-electron chi connectivity index (χ1n) is 8.09. The summed E-state index contributed by atoms with van der Waals surface area (Å²) < 4.78 is 21.5. The van der Waals surface area contributed by atoms with Gasteiger partial charge < -0.3 is 13.9 Å². The molecule has 5 nitrogen and oxygen atoms in total. The Morgan fingerprint density at radius 1 is 1.42 bits per heavy atom. The predicted molar refractivity (Wildman–Crippen MR) is 87.3 cm³/mol. The van der Waals surface area contributed by atoms with Gasteiger partial charge in [0, 0.05) is 36.4 Å². The van der Waals surface area contributed by atoms with Crippen molar-refractivity contribution in [1.82, 2.24) is 14.5 Å². The van der Waals surface area contributed by atoms with Crippen molar-refractivity contribution < 1.29 is 13.6 Å². The average Bonchev–Trinajstić information content (AvgIpc) is 3.24. The van der Waals surface area contributed by atoms with Crippen LogP contribution in [0.4, 0.5) is 4.39 Å². The summed E-state index contributed by atoms with van der Waals surface area (Å²) in [7, 11) is 0. The number of hydrogen-bond acceptors (Lipinski definition) is 3. The summed E-state index contributed by atoms with van der Waals surface area (Å²) in [6.45, 7) is 3.09. The zero-order chi connectivity index (χ0) is 16.7. The molecule has 1 atom stereocenters. The third kappa shape index (κ3) is 2.38. The molecule has 1 fully saturated rings. The number of para-hydroxylation sites is 1. The Balaban J connectivity index is 1.64. The molecule has 0 aliphatic carbocycles. The molecule has 1 saturated heterocycles. The van der Waals surface area contributed by atoms with Crippen molar-refractivity contribution in [2.75, 3.05) is 13.1 Å². The Labute approximate surface area is 138 Å². The average molecular weight is 327 g/mol. The second-order valence-electron chi connectivity index (χ2n) is 6.23. The fourth-order valence-corrected chi connectivity index (χ4v) is 3.42. The number of rotatable bonds is 2. The van der Waals surface area contributed by atoms with Crippen LogP contribution in [0.3, 0.4) is 0 Å². The maximum atomic E-state index is 13.9. The van der Waals surface area contributed by atoms with Crippen molar-refractivity contribution in [3.8, 4) is 0 Å². The lowest BCUT2D eigenvalue weighted by atomic mass is 10.0. The fraction of sp³-hybridized carbons (Fsp3) is 0.333. The van der Waals surface area contributed by atoms with E-state index < -0.39 is 5.82 Å². The third-order valence-corrected chi connectivity index (χ3v) is 4.74. The van der Waals surface area contributed by atoms with Gasteiger partial charge in [-0.3, -0.25) is 4.79 Å². The molecule has 3 heterocycles. The van der Waals surface area contributed by atoms with Gasteiger partial charge in [0.05, 0.1) is 12.4 Å². The largest absolute Gasteiger partial charge is 0.448 e. The van der Waals surface area contributed by atoms with Crippen LogP contribution in [0.5, 0.6) is 0 Å². The van der Waals surface area contributed by atoms with Crippen LogP contribution in [-0.2, 0) is 0 Å². The van der Waals surface area contributed by atoms with Crippen molar-refractivity contribution in [3.63, 3.8) is 0 Å². The number of aromatic nitrogens is 2. The van der Waals surface area contributed by atoms with Gasteiger partial charge in [-0.2, -0.15) is 0 Å². The quantitative estimate of drug-likeness (QED) is 0.723. The molecule has 6 heteroatoms. The van der Waals surface area contributed by atoms with Gasteiger partial charge in [-0.05, 0) is 25.8 Å². The van der Waals surface area contributed by atoms with E-state index in [2.05, 4.69) is 4.98 Å². The predicted octanol–water partition coefficient (Wildman–Crippen LogP) is 3.55. The van der Waals surface area contributed by atoms with Gasteiger partial charge in [-0.15, -0.1) is 0 Å². The highest BCUT2D eigenvalue weighted by atomic mass is 19.1. The number of likely N-dealkylation sites (tertiary alicyclic amines) is 1. The zero-order valence-electron chi connectivity index (χ0n) is 13.4. The Kier molecular flexibility index (Phi) is 3.59. The van der Waals surface area contributed by atoms with E-state index in [4.69, 9.17) is 4.42 Å². The van der Waals surface area contributed by atoms with Gasteiger partial charge in [0.1, 0.15) is 0 Å². The molecule has 1 unspecified atom stereocenters. The minimum absolute atomic E-state index is 0.154. The van der Waals surface area contributed by atoms with Crippen molar-refractivity contribution in [1.29, 1.82) is 0 Å². The van der Waals surface area contributed by atoms with Crippen LogP contribution in [0, 0.1) is 12.7 Å². The lowest BCUT2D eigenvalue weighted by Crippen LogP contribution is -2.40. The molecular formula is C18H18FN3O2. The standard InChI is InChI=1S/C18H18FN3O2/c1-12-14-5-2-6-15(19)17(14)24-16(12)18(23)21-8-3-4-13(10-21)22-9-7-20-11-22/h2,5-7,9,11,13H,3-4,8,10H2,1H3. The van der Waals surface area contributed by atoms with Crippen molar-refractivity contribution in [2.45, 2.75) is 25.8 Å². The third-order valence-electron chi connectivity index (χ3n) is 4.74. The number of imidazole rings is 1. The second-order valence-corrected chi connectivity index (χ2v) is 6.23. The van der Waals surface area contributed by atoms with Gasteiger partial charge in [0.2, 0.25) is 0 Å². The number of fused-ring (bicyclic) bond motifs is 1. The van der Waals surface area contributed by atoms with E-state index in [0.29, 0.717) is 24.0 Å². The lowest BCUT2D eigenvalue weighted by molar-refractivity contribution is 0.0648. The van der Waals surface area contributed by atoms with Gasteiger partial charge in [0.15, 0.2) is 17.2 Å². The molecule has 24 heavy (non-hydrogen) atoms. The van der Waals surface area contributed by atoms with Gasteiger partial charge in [-0.1, -0.05) is 12.1 Å². The first-order valence-corrected chi connectivity index (χ1v) is 8.09. The van der Waals surface area contributed by atoms with E-state index >= 15 is 0 Å². The molecule has 1 aliphatic heterocycles. The maximum absolute atomic E-state index is 13.9. The van der Waals surface area contributed by atoms with E-state index in [1.54, 1.807) is 36.5 Å². The molecule has 0 bridgehead atoms. The van der Waals surface area contributed by atoms with Crippen molar-refractivity contribution >= 4 is 16.9 Å². The molecule has 0 N–H and O–H groups in total. The molecular weight excluding hydrogens is 309 g/mol. The van der Waals surface area contributed by atoms with Crippen molar-refractivity contribution in [3.05, 3.63) is 54.1 Å². The SMILES string of the molecule is Cc1c(C(=O)N2CCCC(n3ccnc3)C2)oc2c(F)cccc12. The van der Waals surface area contributed by atoms with Crippen molar-refractivity contribution in [2.24, 2.45) is 0 Å². The summed E-state index contributed by atoms with van der Waals surface area (Å²) in [6.07, 6.45) is 7.37. The van der Waals surface area contributed by atoms with Gasteiger partial charge in [0.25, 0.3) is 5.91 Å². The lowest BCUT2D eigenvalue weighted by Gasteiger charge is -2.33. The Bertz CT molecular complexity index is 885.